The number of hydrogen-bond donors (Lipinski definition) is 1. The third-order valence-electron chi connectivity index (χ3n) is 5.22. The predicted octanol–water partition coefficient (Wildman–Crippen LogP) is 4.70. The van der Waals surface area contributed by atoms with Gasteiger partial charge in [-0.2, -0.15) is 0 Å². The Labute approximate surface area is 141 Å². The van der Waals surface area contributed by atoms with Crippen molar-refractivity contribution in [2.24, 2.45) is 5.73 Å². The Morgan fingerprint density at radius 2 is 1.65 bits per heavy atom. The first-order chi connectivity index (χ1) is 10.6. The van der Waals surface area contributed by atoms with Gasteiger partial charge in [-0.3, -0.25) is 4.79 Å². The molecule has 1 amide bonds. The molecule has 1 aromatic carbocycles. The summed E-state index contributed by atoms with van der Waals surface area (Å²) in [6, 6.07) is 6.44. The number of carbonyl (C=O) groups is 1. The first-order valence-corrected chi connectivity index (χ1v) is 8.70. The molecule has 1 unspecified atom stereocenters. The molecule has 130 valence electrons. The van der Waals surface area contributed by atoms with Crippen LogP contribution in [-0.2, 0) is 15.6 Å². The average Bonchev–Trinajstić information content (AvgIpc) is 2.51. The van der Waals surface area contributed by atoms with Crippen LogP contribution in [-0.4, -0.2) is 12.0 Å². The quantitative estimate of drug-likeness (QED) is 0.754. The van der Waals surface area contributed by atoms with E-state index >= 15 is 0 Å². The minimum Gasteiger partial charge on any atom is -0.480 e. The van der Waals surface area contributed by atoms with Crippen molar-refractivity contribution in [1.29, 1.82) is 0 Å². The summed E-state index contributed by atoms with van der Waals surface area (Å²) in [6.45, 7) is 15.1. The number of amides is 1. The van der Waals surface area contributed by atoms with Crippen molar-refractivity contribution in [3.63, 3.8) is 0 Å². The summed E-state index contributed by atoms with van der Waals surface area (Å²) in [5.41, 5.74) is 7.89. The van der Waals surface area contributed by atoms with Gasteiger partial charge in [-0.25, -0.2) is 0 Å². The highest BCUT2D eigenvalue weighted by Crippen LogP contribution is 2.38. The molecule has 0 aliphatic rings. The Bertz CT molecular complexity index is 547. The minimum absolute atomic E-state index is 0.0137. The van der Waals surface area contributed by atoms with Crippen LogP contribution in [0.5, 0.6) is 5.75 Å². The van der Waals surface area contributed by atoms with Gasteiger partial charge in [-0.15, -0.1) is 0 Å². The van der Waals surface area contributed by atoms with Gasteiger partial charge < -0.3 is 10.5 Å². The molecule has 1 rings (SSSR count). The van der Waals surface area contributed by atoms with Crippen LogP contribution in [0.1, 0.15) is 78.9 Å². The van der Waals surface area contributed by atoms with Gasteiger partial charge in [0.1, 0.15) is 5.75 Å². The molecule has 3 nitrogen and oxygen atoms in total. The van der Waals surface area contributed by atoms with Crippen molar-refractivity contribution in [2.75, 3.05) is 0 Å². The summed E-state index contributed by atoms with van der Waals surface area (Å²) in [7, 11) is 0. The van der Waals surface area contributed by atoms with Gasteiger partial charge in [0, 0.05) is 0 Å². The van der Waals surface area contributed by atoms with Gasteiger partial charge in [0.05, 0.1) is 0 Å². The van der Waals surface area contributed by atoms with Crippen molar-refractivity contribution >= 4 is 5.91 Å². The zero-order valence-corrected chi connectivity index (χ0v) is 15.8. The van der Waals surface area contributed by atoms with Crippen LogP contribution in [0.3, 0.4) is 0 Å². The van der Waals surface area contributed by atoms with Crippen LogP contribution >= 0.6 is 0 Å². The largest absolute Gasteiger partial charge is 0.480 e. The van der Waals surface area contributed by atoms with Crippen LogP contribution in [0.25, 0.3) is 0 Å². The molecule has 0 saturated heterocycles. The highest BCUT2D eigenvalue weighted by Gasteiger charge is 2.27. The number of hydrogen-bond acceptors (Lipinski definition) is 2. The van der Waals surface area contributed by atoms with Crippen LogP contribution in [0, 0.1) is 0 Å². The van der Waals surface area contributed by atoms with E-state index in [9.17, 15) is 4.79 Å². The number of rotatable bonds is 8. The first-order valence-electron chi connectivity index (χ1n) is 8.70. The SMILES string of the molecule is CCC(Oc1cc(C(C)(C)CC)ccc1C(C)(C)CC)C(N)=O. The van der Waals surface area contributed by atoms with Gasteiger partial charge in [0.25, 0.3) is 5.91 Å². The summed E-state index contributed by atoms with van der Waals surface area (Å²) in [6.07, 6.45) is 2.02. The zero-order valence-electron chi connectivity index (χ0n) is 15.8. The minimum atomic E-state index is -0.582. The van der Waals surface area contributed by atoms with Gasteiger partial charge in [0.15, 0.2) is 6.10 Å². The number of nitrogens with two attached hydrogens (primary N) is 1. The molecule has 0 fully saturated rings. The summed E-state index contributed by atoms with van der Waals surface area (Å²) < 4.78 is 6.05. The van der Waals surface area contributed by atoms with Crippen molar-refractivity contribution in [3.05, 3.63) is 29.3 Å². The highest BCUT2D eigenvalue weighted by molar-refractivity contribution is 5.79. The standard InChI is InChI=1S/C20H33NO2/c1-8-16(18(21)22)23-17-13-14(19(4,5)9-2)11-12-15(17)20(6,7)10-3/h11-13,16H,8-10H2,1-7H3,(H2,21,22). The maximum absolute atomic E-state index is 11.6. The molecule has 1 aromatic rings. The van der Waals surface area contributed by atoms with Crippen molar-refractivity contribution in [2.45, 2.75) is 84.7 Å². The van der Waals surface area contributed by atoms with Crippen LogP contribution in [0.4, 0.5) is 0 Å². The van der Waals surface area contributed by atoms with Crippen molar-refractivity contribution in [1.82, 2.24) is 0 Å². The Hall–Kier alpha value is -1.51. The molecule has 0 bridgehead atoms. The Kier molecular flexibility index (Phi) is 6.26. The molecule has 1 atom stereocenters. The number of primary amides is 1. The molecular formula is C20H33NO2. The second-order valence-corrected chi connectivity index (χ2v) is 7.60. The fourth-order valence-electron chi connectivity index (χ4n) is 2.49. The smallest absolute Gasteiger partial charge is 0.258 e. The molecular weight excluding hydrogens is 286 g/mol. The lowest BCUT2D eigenvalue weighted by Gasteiger charge is -2.30. The van der Waals surface area contributed by atoms with E-state index in [4.69, 9.17) is 10.5 Å². The summed E-state index contributed by atoms with van der Waals surface area (Å²) >= 11 is 0. The topological polar surface area (TPSA) is 52.3 Å². The maximum atomic E-state index is 11.6. The Morgan fingerprint density at radius 3 is 2.09 bits per heavy atom. The molecule has 0 radical (unpaired) electrons. The summed E-state index contributed by atoms with van der Waals surface area (Å²) in [4.78, 5) is 11.6. The highest BCUT2D eigenvalue weighted by atomic mass is 16.5. The molecule has 0 heterocycles. The predicted molar refractivity (Wildman–Crippen MR) is 97.0 cm³/mol. The molecule has 23 heavy (non-hydrogen) atoms. The lowest BCUT2D eigenvalue weighted by molar-refractivity contribution is -0.124. The second kappa shape index (κ2) is 7.37. The molecule has 0 saturated carbocycles. The van der Waals surface area contributed by atoms with E-state index in [1.54, 1.807) is 0 Å². The molecule has 0 spiro atoms. The lowest BCUT2D eigenvalue weighted by Crippen LogP contribution is -2.34. The van der Waals surface area contributed by atoms with Gasteiger partial charge in [0.2, 0.25) is 0 Å². The van der Waals surface area contributed by atoms with E-state index in [1.807, 2.05) is 6.92 Å². The van der Waals surface area contributed by atoms with Crippen LogP contribution in [0.2, 0.25) is 0 Å². The van der Waals surface area contributed by atoms with Crippen LogP contribution in [0.15, 0.2) is 18.2 Å². The van der Waals surface area contributed by atoms with Crippen molar-refractivity contribution < 1.29 is 9.53 Å². The van der Waals surface area contributed by atoms with Crippen molar-refractivity contribution in [3.8, 4) is 5.75 Å². The molecule has 0 aliphatic heterocycles. The summed E-state index contributed by atoms with van der Waals surface area (Å²) in [5.74, 6) is 0.384. The molecule has 0 aliphatic carbocycles. The Morgan fingerprint density at radius 1 is 1.09 bits per heavy atom. The number of carbonyl (C=O) groups excluding carboxylic acids is 1. The first kappa shape index (κ1) is 19.5. The number of ether oxygens (including phenoxy) is 1. The van der Waals surface area contributed by atoms with Gasteiger partial charge >= 0.3 is 0 Å². The van der Waals surface area contributed by atoms with E-state index in [0.717, 1.165) is 24.2 Å². The third-order valence-corrected chi connectivity index (χ3v) is 5.22. The van der Waals surface area contributed by atoms with E-state index < -0.39 is 12.0 Å². The average molecular weight is 319 g/mol. The zero-order chi connectivity index (χ0) is 17.8. The normalized spacial score (nSPS) is 13.7. The molecule has 3 heteroatoms. The fourth-order valence-corrected chi connectivity index (χ4v) is 2.49. The lowest BCUT2D eigenvalue weighted by atomic mass is 9.77. The van der Waals surface area contributed by atoms with E-state index in [2.05, 4.69) is 59.7 Å². The van der Waals surface area contributed by atoms with Crippen LogP contribution < -0.4 is 10.5 Å². The molecule has 2 N–H and O–H groups in total. The van der Waals surface area contributed by atoms with E-state index in [-0.39, 0.29) is 10.8 Å². The van der Waals surface area contributed by atoms with E-state index in [0.29, 0.717) is 6.42 Å². The molecule has 0 aromatic heterocycles. The van der Waals surface area contributed by atoms with Gasteiger partial charge in [-0.05, 0) is 47.3 Å². The maximum Gasteiger partial charge on any atom is 0.258 e. The monoisotopic (exact) mass is 319 g/mol. The number of benzene rings is 1. The third kappa shape index (κ3) is 4.49. The van der Waals surface area contributed by atoms with E-state index in [1.165, 1.54) is 5.56 Å². The fraction of sp³-hybridized carbons (Fsp3) is 0.650. The van der Waals surface area contributed by atoms with Gasteiger partial charge in [-0.1, -0.05) is 60.6 Å². The second-order valence-electron chi connectivity index (χ2n) is 7.60. The summed E-state index contributed by atoms with van der Waals surface area (Å²) in [5, 5.41) is 0. The Balaban J connectivity index is 3.40.